The second-order valence-electron chi connectivity index (χ2n) is 4.73. The minimum absolute atomic E-state index is 0.287. The van der Waals surface area contributed by atoms with E-state index in [2.05, 4.69) is 16.4 Å². The standard InChI is InChI=1S/C14H19N3S/c1-16-14(11-15)8-4-5-12(14)7-10-18-13-6-2-3-9-17-13/h2-3,6,9,12,16H,4-5,7-8,10H2,1H3. The Balaban J connectivity index is 1.85. The van der Waals surface area contributed by atoms with E-state index in [1.54, 1.807) is 11.8 Å². The van der Waals surface area contributed by atoms with Crippen molar-refractivity contribution in [3.8, 4) is 6.07 Å². The highest BCUT2D eigenvalue weighted by molar-refractivity contribution is 7.99. The van der Waals surface area contributed by atoms with Crippen LogP contribution in [0.3, 0.4) is 0 Å². The van der Waals surface area contributed by atoms with Crippen molar-refractivity contribution in [2.24, 2.45) is 5.92 Å². The van der Waals surface area contributed by atoms with Crippen molar-refractivity contribution in [2.45, 2.75) is 36.2 Å². The Hall–Kier alpha value is -1.05. The van der Waals surface area contributed by atoms with Gasteiger partial charge in [0.15, 0.2) is 0 Å². The summed E-state index contributed by atoms with van der Waals surface area (Å²) in [5.41, 5.74) is -0.287. The molecule has 2 rings (SSSR count). The van der Waals surface area contributed by atoms with Gasteiger partial charge in [-0.2, -0.15) is 5.26 Å². The Kier molecular flexibility index (Phi) is 4.62. The van der Waals surface area contributed by atoms with E-state index in [1.165, 1.54) is 0 Å². The molecule has 0 bridgehead atoms. The number of nitriles is 1. The Bertz CT molecular complexity index is 415. The quantitative estimate of drug-likeness (QED) is 0.828. The van der Waals surface area contributed by atoms with Gasteiger partial charge in [0.25, 0.3) is 0 Å². The first-order chi connectivity index (χ1) is 8.80. The maximum absolute atomic E-state index is 9.37. The van der Waals surface area contributed by atoms with Gasteiger partial charge in [0.2, 0.25) is 0 Å². The Morgan fingerprint density at radius 2 is 2.50 bits per heavy atom. The summed E-state index contributed by atoms with van der Waals surface area (Å²) in [5, 5.41) is 13.7. The molecule has 0 spiro atoms. The second-order valence-corrected chi connectivity index (χ2v) is 5.84. The van der Waals surface area contributed by atoms with Gasteiger partial charge < -0.3 is 5.32 Å². The van der Waals surface area contributed by atoms with Crippen molar-refractivity contribution in [3.63, 3.8) is 0 Å². The lowest BCUT2D eigenvalue weighted by Crippen LogP contribution is -2.44. The molecule has 18 heavy (non-hydrogen) atoms. The molecule has 0 saturated heterocycles. The Morgan fingerprint density at radius 3 is 3.17 bits per heavy atom. The monoisotopic (exact) mass is 261 g/mol. The summed E-state index contributed by atoms with van der Waals surface area (Å²) >= 11 is 1.78. The van der Waals surface area contributed by atoms with Gasteiger partial charge in [0.1, 0.15) is 5.54 Å². The van der Waals surface area contributed by atoms with Gasteiger partial charge in [-0.15, -0.1) is 11.8 Å². The molecule has 1 aromatic heterocycles. The number of nitrogens with zero attached hydrogens (tertiary/aromatic N) is 2. The average Bonchev–Trinajstić information content (AvgIpc) is 2.84. The molecule has 2 unspecified atom stereocenters. The molecule has 1 saturated carbocycles. The van der Waals surface area contributed by atoms with Crippen molar-refractivity contribution >= 4 is 11.8 Å². The average molecular weight is 261 g/mol. The summed E-state index contributed by atoms with van der Waals surface area (Å²) in [4.78, 5) is 4.30. The summed E-state index contributed by atoms with van der Waals surface area (Å²) in [6.07, 6.45) is 6.21. The van der Waals surface area contributed by atoms with Crippen LogP contribution in [0.25, 0.3) is 0 Å². The minimum Gasteiger partial charge on any atom is -0.302 e. The lowest BCUT2D eigenvalue weighted by molar-refractivity contribution is 0.332. The first-order valence-electron chi connectivity index (χ1n) is 6.45. The van der Waals surface area contributed by atoms with Crippen LogP contribution in [-0.2, 0) is 0 Å². The highest BCUT2D eigenvalue weighted by Gasteiger charge is 2.41. The maximum Gasteiger partial charge on any atom is 0.109 e. The van der Waals surface area contributed by atoms with Crippen LogP contribution in [0.15, 0.2) is 29.4 Å². The van der Waals surface area contributed by atoms with E-state index in [4.69, 9.17) is 0 Å². The molecule has 96 valence electrons. The normalized spacial score (nSPS) is 27.0. The topological polar surface area (TPSA) is 48.7 Å². The van der Waals surface area contributed by atoms with Gasteiger partial charge in [-0.25, -0.2) is 4.98 Å². The number of nitrogens with one attached hydrogen (secondary N) is 1. The van der Waals surface area contributed by atoms with E-state index in [-0.39, 0.29) is 5.54 Å². The predicted molar refractivity (Wildman–Crippen MR) is 74.3 cm³/mol. The first kappa shape index (κ1) is 13.4. The van der Waals surface area contributed by atoms with E-state index in [0.717, 1.165) is 36.5 Å². The molecule has 3 nitrogen and oxygen atoms in total. The third kappa shape index (κ3) is 2.85. The van der Waals surface area contributed by atoms with E-state index in [1.807, 2.05) is 31.4 Å². The Labute approximate surface area is 113 Å². The third-order valence-corrected chi connectivity index (χ3v) is 4.80. The summed E-state index contributed by atoms with van der Waals surface area (Å²) in [5.74, 6) is 1.51. The second kappa shape index (κ2) is 6.21. The van der Waals surface area contributed by atoms with Crippen molar-refractivity contribution in [1.82, 2.24) is 10.3 Å². The van der Waals surface area contributed by atoms with Crippen LogP contribution in [-0.4, -0.2) is 23.3 Å². The molecular formula is C14H19N3S. The van der Waals surface area contributed by atoms with Crippen LogP contribution in [0.1, 0.15) is 25.7 Å². The molecule has 1 fully saturated rings. The zero-order chi connectivity index (χ0) is 12.8. The fourth-order valence-corrected chi connectivity index (χ4v) is 3.66. The fraction of sp³-hybridized carbons (Fsp3) is 0.571. The van der Waals surface area contributed by atoms with Gasteiger partial charge in [-0.05, 0) is 50.1 Å². The lowest BCUT2D eigenvalue weighted by atomic mass is 9.87. The number of hydrogen-bond donors (Lipinski definition) is 1. The van der Waals surface area contributed by atoms with Crippen LogP contribution in [0.5, 0.6) is 0 Å². The number of rotatable bonds is 5. The lowest BCUT2D eigenvalue weighted by Gasteiger charge is -2.28. The number of pyridine rings is 1. The van der Waals surface area contributed by atoms with Crippen LogP contribution in [0, 0.1) is 17.2 Å². The highest BCUT2D eigenvalue weighted by atomic mass is 32.2. The molecule has 2 atom stereocenters. The van der Waals surface area contributed by atoms with Gasteiger partial charge in [0.05, 0.1) is 11.1 Å². The molecule has 4 heteroatoms. The smallest absolute Gasteiger partial charge is 0.109 e. The van der Waals surface area contributed by atoms with Gasteiger partial charge in [-0.3, -0.25) is 0 Å². The minimum atomic E-state index is -0.287. The van der Waals surface area contributed by atoms with Crippen LogP contribution in [0.2, 0.25) is 0 Å². The molecule has 1 aliphatic carbocycles. The summed E-state index contributed by atoms with van der Waals surface area (Å²) < 4.78 is 0. The maximum atomic E-state index is 9.37. The molecule has 1 heterocycles. The summed E-state index contributed by atoms with van der Waals surface area (Å²) in [7, 11) is 1.91. The van der Waals surface area contributed by atoms with Gasteiger partial charge in [-0.1, -0.05) is 12.5 Å². The molecule has 1 N–H and O–H groups in total. The fourth-order valence-electron chi connectivity index (χ4n) is 2.74. The van der Waals surface area contributed by atoms with Crippen LogP contribution >= 0.6 is 11.8 Å². The summed E-state index contributed by atoms with van der Waals surface area (Å²) in [6, 6.07) is 8.47. The van der Waals surface area contributed by atoms with Gasteiger partial charge in [0, 0.05) is 6.20 Å². The number of aromatic nitrogens is 1. The largest absolute Gasteiger partial charge is 0.302 e. The molecule has 1 aliphatic rings. The molecule has 0 aromatic carbocycles. The van der Waals surface area contributed by atoms with E-state index >= 15 is 0 Å². The molecular weight excluding hydrogens is 242 g/mol. The van der Waals surface area contributed by atoms with Crippen molar-refractivity contribution in [3.05, 3.63) is 24.4 Å². The molecule has 0 amide bonds. The highest BCUT2D eigenvalue weighted by Crippen LogP contribution is 2.38. The van der Waals surface area contributed by atoms with E-state index in [9.17, 15) is 5.26 Å². The molecule has 1 aromatic rings. The molecule has 0 radical (unpaired) electrons. The van der Waals surface area contributed by atoms with Crippen molar-refractivity contribution < 1.29 is 0 Å². The number of hydrogen-bond acceptors (Lipinski definition) is 4. The zero-order valence-electron chi connectivity index (χ0n) is 10.7. The Morgan fingerprint density at radius 1 is 1.61 bits per heavy atom. The zero-order valence-corrected chi connectivity index (χ0v) is 11.5. The van der Waals surface area contributed by atoms with Crippen LogP contribution in [0.4, 0.5) is 0 Å². The SMILES string of the molecule is CNC1(C#N)CCCC1CCSc1ccccn1. The first-order valence-corrected chi connectivity index (χ1v) is 7.43. The van der Waals surface area contributed by atoms with Gasteiger partial charge >= 0.3 is 0 Å². The van der Waals surface area contributed by atoms with E-state index in [0.29, 0.717) is 5.92 Å². The van der Waals surface area contributed by atoms with Crippen molar-refractivity contribution in [2.75, 3.05) is 12.8 Å². The van der Waals surface area contributed by atoms with Crippen LogP contribution < -0.4 is 5.32 Å². The van der Waals surface area contributed by atoms with E-state index < -0.39 is 0 Å². The number of thioether (sulfide) groups is 1. The summed E-state index contributed by atoms with van der Waals surface area (Å²) in [6.45, 7) is 0. The molecule has 0 aliphatic heterocycles. The van der Waals surface area contributed by atoms with Crippen molar-refractivity contribution in [1.29, 1.82) is 5.26 Å². The predicted octanol–water partition coefficient (Wildman–Crippen LogP) is 2.85. The third-order valence-electron chi connectivity index (χ3n) is 3.82.